The van der Waals surface area contributed by atoms with E-state index in [1.807, 2.05) is 0 Å². The Morgan fingerprint density at radius 1 is 1.00 bits per heavy atom. The number of hydrogen-bond acceptors (Lipinski definition) is 3. The van der Waals surface area contributed by atoms with Crippen LogP contribution in [0.1, 0.15) is 40.5 Å². The molecule has 0 radical (unpaired) electrons. The predicted molar refractivity (Wildman–Crippen MR) is 105 cm³/mol. The normalized spacial score (nSPS) is 14.7. The van der Waals surface area contributed by atoms with Crippen LogP contribution in [-0.4, -0.2) is 35.6 Å². The van der Waals surface area contributed by atoms with Crippen LogP contribution >= 0.6 is 11.6 Å². The van der Waals surface area contributed by atoms with Gasteiger partial charge in [-0.25, -0.2) is 0 Å². The number of amides is 2. The molecule has 0 aromatic heterocycles. The number of nitrogens with zero attached hydrogens (tertiary/aromatic N) is 1. The van der Waals surface area contributed by atoms with E-state index in [2.05, 4.69) is 5.32 Å². The van der Waals surface area contributed by atoms with Crippen molar-refractivity contribution in [2.45, 2.75) is 19.8 Å². The minimum absolute atomic E-state index is 0.0427. The number of Topliss-reactive ketones (excluding diaryl/α,β-unsaturated/α-hetero) is 1. The van der Waals surface area contributed by atoms with Crippen LogP contribution in [0.5, 0.6) is 0 Å². The third-order valence-electron chi connectivity index (χ3n) is 4.76. The van der Waals surface area contributed by atoms with Crippen LogP contribution in [0.15, 0.2) is 48.5 Å². The lowest BCUT2D eigenvalue weighted by Crippen LogP contribution is -2.41. The summed E-state index contributed by atoms with van der Waals surface area (Å²) in [6.07, 6.45) is 1.20. The maximum atomic E-state index is 12.6. The molecule has 0 bridgehead atoms. The molecule has 1 aliphatic heterocycles. The van der Waals surface area contributed by atoms with Gasteiger partial charge < -0.3 is 10.2 Å². The number of carbonyl (C=O) groups excluding carboxylic acids is 3. The molecule has 140 valence electrons. The summed E-state index contributed by atoms with van der Waals surface area (Å²) in [5, 5.41) is 3.41. The maximum Gasteiger partial charge on any atom is 0.253 e. The van der Waals surface area contributed by atoms with E-state index < -0.39 is 0 Å². The number of ketones is 1. The molecule has 0 spiro atoms. The fraction of sp³-hybridized carbons (Fsp3) is 0.286. The van der Waals surface area contributed by atoms with Gasteiger partial charge in [-0.1, -0.05) is 29.8 Å². The Balaban J connectivity index is 1.57. The van der Waals surface area contributed by atoms with Crippen molar-refractivity contribution in [2.75, 3.05) is 18.4 Å². The summed E-state index contributed by atoms with van der Waals surface area (Å²) in [5.41, 5.74) is 1.74. The summed E-state index contributed by atoms with van der Waals surface area (Å²) >= 11 is 5.96. The number of hydrogen-bond donors (Lipinski definition) is 1. The summed E-state index contributed by atoms with van der Waals surface area (Å²) in [6.45, 7) is 2.54. The molecule has 0 aliphatic carbocycles. The molecule has 6 heteroatoms. The minimum Gasteiger partial charge on any atom is -0.339 e. The van der Waals surface area contributed by atoms with Crippen molar-refractivity contribution in [1.82, 2.24) is 4.90 Å². The monoisotopic (exact) mass is 384 g/mol. The Labute approximate surface area is 163 Å². The molecular formula is C21H21ClN2O3. The van der Waals surface area contributed by atoms with Gasteiger partial charge in [0.25, 0.3) is 5.91 Å². The first kappa shape index (κ1) is 19.1. The highest BCUT2D eigenvalue weighted by Gasteiger charge is 2.28. The van der Waals surface area contributed by atoms with Crippen molar-refractivity contribution in [2.24, 2.45) is 5.92 Å². The van der Waals surface area contributed by atoms with Gasteiger partial charge in [0.2, 0.25) is 5.91 Å². The molecule has 1 saturated heterocycles. The third kappa shape index (κ3) is 4.74. The van der Waals surface area contributed by atoms with Crippen LogP contribution < -0.4 is 5.32 Å². The highest BCUT2D eigenvalue weighted by Crippen LogP contribution is 2.22. The van der Waals surface area contributed by atoms with Crippen LogP contribution in [0.2, 0.25) is 5.02 Å². The van der Waals surface area contributed by atoms with Crippen molar-refractivity contribution in [3.05, 3.63) is 64.7 Å². The highest BCUT2D eigenvalue weighted by atomic mass is 35.5. The SMILES string of the molecule is CC(=O)c1cccc(NC(=O)C2CCN(C(=O)c3cccc(Cl)c3)CC2)c1. The quantitative estimate of drug-likeness (QED) is 0.809. The van der Waals surface area contributed by atoms with Crippen molar-refractivity contribution in [3.63, 3.8) is 0 Å². The molecule has 1 aliphatic rings. The molecule has 0 saturated carbocycles. The van der Waals surface area contributed by atoms with Crippen molar-refractivity contribution in [3.8, 4) is 0 Å². The second-order valence-corrected chi connectivity index (χ2v) is 7.14. The maximum absolute atomic E-state index is 12.6. The average Bonchev–Trinajstić information content (AvgIpc) is 2.67. The molecule has 1 heterocycles. The summed E-state index contributed by atoms with van der Waals surface area (Å²) in [6, 6.07) is 13.8. The number of benzene rings is 2. The summed E-state index contributed by atoms with van der Waals surface area (Å²) < 4.78 is 0. The Hall–Kier alpha value is -2.66. The van der Waals surface area contributed by atoms with Gasteiger partial charge in [0.15, 0.2) is 5.78 Å². The van der Waals surface area contributed by atoms with Gasteiger partial charge in [-0.15, -0.1) is 0 Å². The summed E-state index contributed by atoms with van der Waals surface area (Å²) in [7, 11) is 0. The Morgan fingerprint density at radius 2 is 1.67 bits per heavy atom. The Bertz CT molecular complexity index is 873. The van der Waals surface area contributed by atoms with Crippen LogP contribution in [0.25, 0.3) is 0 Å². The Kier molecular flexibility index (Phi) is 5.91. The molecule has 3 rings (SSSR count). The van der Waals surface area contributed by atoms with Crippen LogP contribution in [0.4, 0.5) is 5.69 Å². The van der Waals surface area contributed by atoms with Gasteiger partial charge in [-0.05, 0) is 50.1 Å². The first-order valence-corrected chi connectivity index (χ1v) is 9.28. The average molecular weight is 385 g/mol. The number of piperidine rings is 1. The van der Waals surface area contributed by atoms with E-state index >= 15 is 0 Å². The van der Waals surface area contributed by atoms with E-state index in [4.69, 9.17) is 11.6 Å². The lowest BCUT2D eigenvalue weighted by Gasteiger charge is -2.31. The molecule has 0 unspecified atom stereocenters. The first-order chi connectivity index (χ1) is 12.9. The van der Waals surface area contributed by atoms with Crippen LogP contribution in [-0.2, 0) is 4.79 Å². The van der Waals surface area contributed by atoms with Gasteiger partial charge in [0, 0.05) is 40.8 Å². The Morgan fingerprint density at radius 3 is 2.33 bits per heavy atom. The number of anilines is 1. The summed E-state index contributed by atoms with van der Waals surface area (Å²) in [5.74, 6) is -0.343. The molecule has 27 heavy (non-hydrogen) atoms. The number of likely N-dealkylation sites (tertiary alicyclic amines) is 1. The van der Waals surface area contributed by atoms with Gasteiger partial charge in [-0.2, -0.15) is 0 Å². The molecule has 2 aromatic carbocycles. The molecular weight excluding hydrogens is 364 g/mol. The van der Waals surface area contributed by atoms with Crippen LogP contribution in [0.3, 0.4) is 0 Å². The second-order valence-electron chi connectivity index (χ2n) is 6.70. The molecule has 0 atom stereocenters. The van der Waals surface area contributed by atoms with E-state index in [9.17, 15) is 14.4 Å². The minimum atomic E-state index is -0.158. The van der Waals surface area contributed by atoms with Crippen molar-refractivity contribution < 1.29 is 14.4 Å². The van der Waals surface area contributed by atoms with E-state index in [0.717, 1.165) is 0 Å². The van der Waals surface area contributed by atoms with Crippen molar-refractivity contribution >= 4 is 34.9 Å². The molecule has 5 nitrogen and oxygen atoms in total. The number of carbonyl (C=O) groups is 3. The standard InChI is InChI=1S/C21H21ClN2O3/c1-14(25)16-4-3-7-19(13-16)23-20(26)15-8-10-24(11-9-15)21(27)17-5-2-6-18(22)12-17/h2-7,12-13,15H,8-11H2,1H3,(H,23,26). The van der Waals surface area contributed by atoms with Crippen LogP contribution in [0, 0.1) is 5.92 Å². The highest BCUT2D eigenvalue weighted by molar-refractivity contribution is 6.30. The fourth-order valence-corrected chi connectivity index (χ4v) is 3.40. The molecule has 2 aromatic rings. The van der Waals surface area contributed by atoms with Crippen molar-refractivity contribution in [1.29, 1.82) is 0 Å². The lowest BCUT2D eigenvalue weighted by molar-refractivity contribution is -0.121. The molecule has 2 amide bonds. The number of halogens is 1. The van der Waals surface area contributed by atoms with Gasteiger partial charge >= 0.3 is 0 Å². The van der Waals surface area contributed by atoms with E-state index in [0.29, 0.717) is 47.8 Å². The largest absolute Gasteiger partial charge is 0.339 e. The topological polar surface area (TPSA) is 66.5 Å². The van der Waals surface area contributed by atoms with E-state index in [1.165, 1.54) is 6.92 Å². The third-order valence-corrected chi connectivity index (χ3v) is 5.00. The van der Waals surface area contributed by atoms with E-state index in [-0.39, 0.29) is 23.5 Å². The zero-order chi connectivity index (χ0) is 19.4. The summed E-state index contributed by atoms with van der Waals surface area (Å²) in [4.78, 5) is 38.3. The van der Waals surface area contributed by atoms with Gasteiger partial charge in [-0.3, -0.25) is 14.4 Å². The second kappa shape index (κ2) is 8.35. The smallest absolute Gasteiger partial charge is 0.253 e. The lowest BCUT2D eigenvalue weighted by atomic mass is 9.95. The first-order valence-electron chi connectivity index (χ1n) is 8.91. The predicted octanol–water partition coefficient (Wildman–Crippen LogP) is 4.03. The van der Waals surface area contributed by atoms with Gasteiger partial charge in [0.05, 0.1) is 0 Å². The molecule has 1 N–H and O–H groups in total. The fourth-order valence-electron chi connectivity index (χ4n) is 3.21. The van der Waals surface area contributed by atoms with E-state index in [1.54, 1.807) is 53.4 Å². The number of rotatable bonds is 4. The zero-order valence-electron chi connectivity index (χ0n) is 15.1. The van der Waals surface area contributed by atoms with Gasteiger partial charge in [0.1, 0.15) is 0 Å². The molecule has 1 fully saturated rings. The number of nitrogens with one attached hydrogen (secondary N) is 1. The zero-order valence-corrected chi connectivity index (χ0v) is 15.8.